The molecule has 2 atom stereocenters. The molecule has 0 aliphatic carbocycles. The molecule has 1 heterocycles. The lowest BCUT2D eigenvalue weighted by Crippen LogP contribution is -2.51. The SMILES string of the molecule is CC=CCOC1C(OCc2ccccc2)c2cc(NCc3ccccc3C)ccc2OC1(C)C. The van der Waals surface area contributed by atoms with E-state index in [0.29, 0.717) is 13.2 Å². The average Bonchev–Trinajstić information content (AvgIpc) is 2.83. The van der Waals surface area contributed by atoms with E-state index in [1.165, 1.54) is 11.1 Å². The second-order valence-corrected chi connectivity index (χ2v) is 9.28. The molecule has 4 rings (SSSR count). The Hall–Kier alpha value is -3.08. The lowest BCUT2D eigenvalue weighted by atomic mass is 9.87. The number of hydrogen-bond acceptors (Lipinski definition) is 4. The first kappa shape index (κ1) is 24.1. The Morgan fingerprint density at radius 1 is 0.971 bits per heavy atom. The molecule has 0 fully saturated rings. The zero-order valence-electron chi connectivity index (χ0n) is 20.6. The summed E-state index contributed by atoms with van der Waals surface area (Å²) in [5.74, 6) is 0.843. The van der Waals surface area contributed by atoms with E-state index >= 15 is 0 Å². The fourth-order valence-electron chi connectivity index (χ4n) is 4.33. The molecule has 0 saturated heterocycles. The summed E-state index contributed by atoms with van der Waals surface area (Å²) in [4.78, 5) is 0. The Kier molecular flexibility index (Phi) is 7.71. The lowest BCUT2D eigenvalue weighted by molar-refractivity contribution is -0.161. The van der Waals surface area contributed by atoms with Gasteiger partial charge < -0.3 is 19.5 Å². The summed E-state index contributed by atoms with van der Waals surface area (Å²) in [6.45, 7) is 10.1. The minimum absolute atomic E-state index is 0.258. The van der Waals surface area contributed by atoms with Crippen LogP contribution in [0.1, 0.15) is 49.1 Å². The standard InChI is InChI=1S/C30H35NO3/c1-5-6-18-32-29-28(33-21-23-13-8-7-9-14-23)26-19-25(16-17-27(26)34-30(29,3)4)31-20-24-15-11-10-12-22(24)2/h5-17,19,28-29,31H,18,20-21H2,1-4H3. The monoisotopic (exact) mass is 457 g/mol. The molecular weight excluding hydrogens is 422 g/mol. The van der Waals surface area contributed by atoms with Gasteiger partial charge in [0.25, 0.3) is 0 Å². The molecular formula is C30H35NO3. The minimum atomic E-state index is -0.536. The molecule has 3 aromatic carbocycles. The van der Waals surface area contributed by atoms with Crippen LogP contribution in [0.2, 0.25) is 0 Å². The number of nitrogens with one attached hydrogen (secondary N) is 1. The van der Waals surface area contributed by atoms with Crippen LogP contribution in [0.25, 0.3) is 0 Å². The third-order valence-corrected chi connectivity index (χ3v) is 6.27. The van der Waals surface area contributed by atoms with Crippen molar-refractivity contribution in [1.82, 2.24) is 0 Å². The number of rotatable bonds is 9. The van der Waals surface area contributed by atoms with Crippen molar-refractivity contribution in [1.29, 1.82) is 0 Å². The summed E-state index contributed by atoms with van der Waals surface area (Å²) in [5, 5.41) is 3.57. The summed E-state index contributed by atoms with van der Waals surface area (Å²) < 4.78 is 19.3. The van der Waals surface area contributed by atoms with Crippen LogP contribution in [0.15, 0.2) is 84.9 Å². The van der Waals surface area contributed by atoms with Gasteiger partial charge in [-0.3, -0.25) is 0 Å². The van der Waals surface area contributed by atoms with Crippen LogP contribution in [0.4, 0.5) is 5.69 Å². The number of aryl methyl sites for hydroxylation is 1. The highest BCUT2D eigenvalue weighted by molar-refractivity contribution is 5.54. The molecule has 178 valence electrons. The zero-order chi connectivity index (χ0) is 24.0. The van der Waals surface area contributed by atoms with Crippen molar-refractivity contribution >= 4 is 5.69 Å². The first-order chi connectivity index (χ1) is 16.5. The Morgan fingerprint density at radius 3 is 2.50 bits per heavy atom. The highest BCUT2D eigenvalue weighted by Gasteiger charge is 2.45. The average molecular weight is 458 g/mol. The number of fused-ring (bicyclic) bond motifs is 1. The normalized spacial score (nSPS) is 18.9. The smallest absolute Gasteiger partial charge is 0.132 e. The fraction of sp³-hybridized carbons (Fsp3) is 0.333. The molecule has 1 N–H and O–H groups in total. The van der Waals surface area contributed by atoms with Crippen LogP contribution in [0, 0.1) is 6.92 Å². The number of benzene rings is 3. The van der Waals surface area contributed by atoms with Crippen LogP contribution in [0.3, 0.4) is 0 Å². The molecule has 0 amide bonds. The number of hydrogen-bond donors (Lipinski definition) is 1. The summed E-state index contributed by atoms with van der Waals surface area (Å²) in [5.41, 5.74) is 5.20. The van der Waals surface area contributed by atoms with Crippen molar-refractivity contribution in [2.75, 3.05) is 11.9 Å². The molecule has 0 saturated carbocycles. The second kappa shape index (κ2) is 10.9. The van der Waals surface area contributed by atoms with E-state index in [2.05, 4.69) is 74.6 Å². The largest absolute Gasteiger partial charge is 0.485 e. The first-order valence-electron chi connectivity index (χ1n) is 12.0. The lowest BCUT2D eigenvalue weighted by Gasteiger charge is -2.44. The molecule has 34 heavy (non-hydrogen) atoms. The van der Waals surface area contributed by atoms with Crippen molar-refractivity contribution < 1.29 is 14.2 Å². The van der Waals surface area contributed by atoms with Crippen molar-refractivity contribution in [2.45, 2.75) is 58.7 Å². The second-order valence-electron chi connectivity index (χ2n) is 9.28. The molecule has 0 radical (unpaired) electrons. The van der Waals surface area contributed by atoms with Crippen LogP contribution in [-0.2, 0) is 22.6 Å². The molecule has 1 aliphatic rings. The fourth-order valence-corrected chi connectivity index (χ4v) is 4.33. The van der Waals surface area contributed by atoms with Crippen LogP contribution in [-0.4, -0.2) is 18.3 Å². The molecule has 3 aromatic rings. The summed E-state index contributed by atoms with van der Waals surface area (Å²) in [6, 6.07) is 25.0. The van der Waals surface area contributed by atoms with Gasteiger partial charge in [-0.05, 0) is 62.6 Å². The van der Waals surface area contributed by atoms with Gasteiger partial charge in [-0.1, -0.05) is 66.7 Å². The Bertz CT molecular complexity index is 1110. The highest BCUT2D eigenvalue weighted by atomic mass is 16.6. The van der Waals surface area contributed by atoms with E-state index in [4.69, 9.17) is 14.2 Å². The van der Waals surface area contributed by atoms with Crippen LogP contribution < -0.4 is 10.1 Å². The van der Waals surface area contributed by atoms with Crippen molar-refractivity contribution in [2.24, 2.45) is 0 Å². The van der Waals surface area contributed by atoms with E-state index in [-0.39, 0.29) is 12.2 Å². The molecule has 1 aliphatic heterocycles. The van der Waals surface area contributed by atoms with E-state index in [1.54, 1.807) is 0 Å². The van der Waals surface area contributed by atoms with Gasteiger partial charge in [-0.25, -0.2) is 0 Å². The van der Waals surface area contributed by atoms with Gasteiger partial charge in [0, 0.05) is 17.8 Å². The maximum Gasteiger partial charge on any atom is 0.132 e. The third-order valence-electron chi connectivity index (χ3n) is 6.27. The summed E-state index contributed by atoms with van der Waals surface area (Å²) >= 11 is 0. The van der Waals surface area contributed by atoms with Gasteiger partial charge in [0.2, 0.25) is 0 Å². The van der Waals surface area contributed by atoms with Gasteiger partial charge in [-0.15, -0.1) is 0 Å². The summed E-state index contributed by atoms with van der Waals surface area (Å²) in [6.07, 6.45) is 3.49. The van der Waals surface area contributed by atoms with E-state index in [1.807, 2.05) is 43.3 Å². The van der Waals surface area contributed by atoms with Gasteiger partial charge in [0.05, 0.1) is 13.2 Å². The topological polar surface area (TPSA) is 39.7 Å². The number of allylic oxidation sites excluding steroid dienone is 1. The van der Waals surface area contributed by atoms with Crippen LogP contribution in [0.5, 0.6) is 5.75 Å². The van der Waals surface area contributed by atoms with Gasteiger partial charge in [-0.2, -0.15) is 0 Å². The molecule has 0 bridgehead atoms. The quantitative estimate of drug-likeness (QED) is 0.351. The van der Waals surface area contributed by atoms with Gasteiger partial charge in [0.1, 0.15) is 23.6 Å². The Labute approximate surface area is 203 Å². The summed E-state index contributed by atoms with van der Waals surface area (Å²) in [7, 11) is 0. The van der Waals surface area contributed by atoms with E-state index in [9.17, 15) is 0 Å². The third kappa shape index (κ3) is 5.69. The Balaban J connectivity index is 1.61. The molecule has 0 aromatic heterocycles. The molecule has 2 unspecified atom stereocenters. The maximum atomic E-state index is 6.55. The van der Waals surface area contributed by atoms with Gasteiger partial charge in [0.15, 0.2) is 0 Å². The number of ether oxygens (including phenoxy) is 3. The highest BCUT2D eigenvalue weighted by Crippen LogP contribution is 2.44. The van der Waals surface area contributed by atoms with Gasteiger partial charge >= 0.3 is 0 Å². The number of anilines is 1. The van der Waals surface area contributed by atoms with Crippen molar-refractivity contribution in [3.8, 4) is 5.75 Å². The Morgan fingerprint density at radius 2 is 1.74 bits per heavy atom. The zero-order valence-corrected chi connectivity index (χ0v) is 20.6. The van der Waals surface area contributed by atoms with Crippen molar-refractivity contribution in [3.63, 3.8) is 0 Å². The maximum absolute atomic E-state index is 6.55. The predicted molar refractivity (Wildman–Crippen MR) is 138 cm³/mol. The van der Waals surface area contributed by atoms with E-state index in [0.717, 1.165) is 29.1 Å². The molecule has 4 nitrogen and oxygen atoms in total. The van der Waals surface area contributed by atoms with Crippen LogP contribution >= 0.6 is 0 Å². The minimum Gasteiger partial charge on any atom is -0.485 e. The van der Waals surface area contributed by atoms with Crippen molar-refractivity contribution in [3.05, 3.63) is 107 Å². The first-order valence-corrected chi connectivity index (χ1v) is 12.0. The molecule has 0 spiro atoms. The molecule has 4 heteroatoms. The predicted octanol–water partition coefficient (Wildman–Crippen LogP) is 7.00. The van der Waals surface area contributed by atoms with E-state index < -0.39 is 5.60 Å².